The third kappa shape index (κ3) is 3.58. The Labute approximate surface area is 140 Å². The number of nitrogens with zero attached hydrogens (tertiary/aromatic N) is 1. The van der Waals surface area contributed by atoms with Gasteiger partial charge in [0.05, 0.1) is 11.5 Å². The van der Waals surface area contributed by atoms with E-state index in [4.69, 9.17) is 5.11 Å². The number of hydrogen-bond acceptors (Lipinski definition) is 3. The molecule has 1 aromatic rings. The molecule has 6 nitrogen and oxygen atoms in total. The first-order chi connectivity index (χ1) is 11.5. The Balaban J connectivity index is 1.52. The quantitative estimate of drug-likeness (QED) is 0.862. The monoisotopic (exact) mass is 330 g/mol. The molecule has 3 rings (SSSR count). The Kier molecular flexibility index (Phi) is 4.83. The van der Waals surface area contributed by atoms with Crippen LogP contribution in [0.2, 0.25) is 0 Å². The van der Waals surface area contributed by atoms with Crippen LogP contribution in [0.15, 0.2) is 24.3 Å². The lowest BCUT2D eigenvalue weighted by Crippen LogP contribution is -2.36. The molecule has 24 heavy (non-hydrogen) atoms. The second-order valence-corrected chi connectivity index (χ2v) is 6.61. The molecule has 1 aromatic carbocycles. The number of carbonyl (C=O) groups excluding carboxylic acids is 2. The number of aromatic carboxylic acids is 1. The zero-order valence-electron chi connectivity index (χ0n) is 13.5. The summed E-state index contributed by atoms with van der Waals surface area (Å²) in [4.78, 5) is 37.2. The van der Waals surface area contributed by atoms with Crippen LogP contribution in [0.1, 0.15) is 48.0 Å². The van der Waals surface area contributed by atoms with Crippen LogP contribution in [0, 0.1) is 5.92 Å². The summed E-state index contributed by atoms with van der Waals surface area (Å²) in [6.45, 7) is 0.861. The fraction of sp³-hybridized carbons (Fsp3) is 0.500. The fourth-order valence-corrected chi connectivity index (χ4v) is 3.57. The second kappa shape index (κ2) is 7.03. The molecule has 0 aromatic heterocycles. The van der Waals surface area contributed by atoms with E-state index in [9.17, 15) is 14.4 Å². The van der Waals surface area contributed by atoms with Gasteiger partial charge in [-0.05, 0) is 30.5 Å². The number of carboxylic acids is 1. The molecule has 1 heterocycles. The Morgan fingerprint density at radius 3 is 2.46 bits per heavy atom. The smallest absolute Gasteiger partial charge is 0.335 e. The van der Waals surface area contributed by atoms with Gasteiger partial charge in [0, 0.05) is 25.6 Å². The molecule has 128 valence electrons. The average molecular weight is 330 g/mol. The van der Waals surface area contributed by atoms with Gasteiger partial charge in [-0.25, -0.2) is 4.79 Å². The molecule has 0 unspecified atom stereocenters. The van der Waals surface area contributed by atoms with Crippen molar-refractivity contribution in [2.24, 2.45) is 5.92 Å². The maximum atomic E-state index is 12.3. The van der Waals surface area contributed by atoms with E-state index in [0.717, 1.165) is 31.2 Å². The van der Waals surface area contributed by atoms with Gasteiger partial charge in [0.2, 0.25) is 11.8 Å². The van der Waals surface area contributed by atoms with Crippen molar-refractivity contribution in [2.75, 3.05) is 6.54 Å². The topological polar surface area (TPSA) is 86.7 Å². The third-order valence-corrected chi connectivity index (χ3v) is 4.96. The number of likely N-dealkylation sites (tertiary alicyclic amines) is 1. The van der Waals surface area contributed by atoms with Crippen LogP contribution in [-0.4, -0.2) is 40.4 Å². The minimum absolute atomic E-state index is 0.0906. The summed E-state index contributed by atoms with van der Waals surface area (Å²) in [5.74, 6) is -1.27. The van der Waals surface area contributed by atoms with Crippen molar-refractivity contribution < 1.29 is 19.5 Å². The van der Waals surface area contributed by atoms with Crippen molar-refractivity contribution in [1.82, 2.24) is 10.2 Å². The van der Waals surface area contributed by atoms with E-state index in [2.05, 4.69) is 5.32 Å². The summed E-state index contributed by atoms with van der Waals surface area (Å²) >= 11 is 0. The largest absolute Gasteiger partial charge is 0.478 e. The first kappa shape index (κ1) is 16.5. The Morgan fingerprint density at radius 1 is 1.17 bits per heavy atom. The van der Waals surface area contributed by atoms with Crippen LogP contribution in [0.4, 0.5) is 0 Å². The van der Waals surface area contributed by atoms with E-state index < -0.39 is 5.97 Å². The summed E-state index contributed by atoms with van der Waals surface area (Å²) in [5.41, 5.74) is 1.06. The van der Waals surface area contributed by atoms with E-state index >= 15 is 0 Å². The van der Waals surface area contributed by atoms with E-state index in [1.54, 1.807) is 12.1 Å². The zero-order chi connectivity index (χ0) is 17.1. The zero-order valence-corrected chi connectivity index (χ0v) is 13.5. The average Bonchev–Trinajstić information content (AvgIpc) is 3.22. The predicted molar refractivity (Wildman–Crippen MR) is 87.3 cm³/mol. The molecule has 0 bridgehead atoms. The van der Waals surface area contributed by atoms with Crippen molar-refractivity contribution >= 4 is 17.8 Å². The van der Waals surface area contributed by atoms with Crippen LogP contribution < -0.4 is 5.32 Å². The van der Waals surface area contributed by atoms with E-state index in [-0.39, 0.29) is 23.3 Å². The van der Waals surface area contributed by atoms with Crippen molar-refractivity contribution in [3.8, 4) is 0 Å². The van der Waals surface area contributed by atoms with Gasteiger partial charge in [-0.2, -0.15) is 0 Å². The van der Waals surface area contributed by atoms with Crippen LogP contribution >= 0.6 is 0 Å². The van der Waals surface area contributed by atoms with Crippen molar-refractivity contribution in [3.05, 3.63) is 35.4 Å². The van der Waals surface area contributed by atoms with E-state index in [0.29, 0.717) is 25.6 Å². The van der Waals surface area contributed by atoms with Gasteiger partial charge in [-0.3, -0.25) is 9.59 Å². The Bertz CT molecular complexity index is 635. The third-order valence-electron chi connectivity index (χ3n) is 4.96. The van der Waals surface area contributed by atoms with Crippen LogP contribution in [-0.2, 0) is 16.1 Å². The maximum absolute atomic E-state index is 12.3. The molecule has 2 N–H and O–H groups in total. The molecular formula is C18H22N2O4. The van der Waals surface area contributed by atoms with Gasteiger partial charge in [-0.1, -0.05) is 25.0 Å². The van der Waals surface area contributed by atoms with Gasteiger partial charge in [0.15, 0.2) is 0 Å². The molecular weight excluding hydrogens is 308 g/mol. The van der Waals surface area contributed by atoms with Gasteiger partial charge in [0.25, 0.3) is 0 Å². The summed E-state index contributed by atoms with van der Waals surface area (Å²) in [6.07, 6.45) is 4.72. The predicted octanol–water partition coefficient (Wildman–Crippen LogP) is 1.79. The highest BCUT2D eigenvalue weighted by atomic mass is 16.4. The van der Waals surface area contributed by atoms with Crippen molar-refractivity contribution in [1.29, 1.82) is 0 Å². The minimum atomic E-state index is -0.970. The van der Waals surface area contributed by atoms with Crippen LogP contribution in [0.25, 0.3) is 0 Å². The van der Waals surface area contributed by atoms with Crippen molar-refractivity contribution in [3.63, 3.8) is 0 Å². The number of rotatable bonds is 5. The first-order valence-corrected chi connectivity index (χ1v) is 8.44. The number of nitrogens with one attached hydrogen (secondary N) is 1. The standard InChI is InChI=1S/C18H22N2O4/c21-16-9-14(11-20(16)15-3-1-2-4-15)17(22)19-10-12-5-7-13(8-6-12)18(23)24/h5-8,14-15H,1-4,9-11H2,(H,19,22)(H,23,24)/t14-/m0/s1. The molecule has 1 atom stereocenters. The molecule has 1 saturated carbocycles. The highest BCUT2D eigenvalue weighted by molar-refractivity contribution is 5.89. The molecule has 6 heteroatoms. The molecule has 2 amide bonds. The summed E-state index contributed by atoms with van der Waals surface area (Å²) in [7, 11) is 0. The van der Waals surface area contributed by atoms with Crippen molar-refractivity contribution in [2.45, 2.75) is 44.7 Å². The number of carboxylic acid groups (broad SMARTS) is 1. The summed E-state index contributed by atoms with van der Waals surface area (Å²) in [5, 5.41) is 11.7. The molecule has 2 aliphatic rings. The molecule has 2 fully saturated rings. The number of hydrogen-bond donors (Lipinski definition) is 2. The minimum Gasteiger partial charge on any atom is -0.478 e. The van der Waals surface area contributed by atoms with Crippen LogP contribution in [0.5, 0.6) is 0 Å². The Hall–Kier alpha value is -2.37. The summed E-state index contributed by atoms with van der Waals surface area (Å²) in [6, 6.07) is 6.73. The number of amides is 2. The molecule has 0 spiro atoms. The van der Waals surface area contributed by atoms with Gasteiger partial charge in [0.1, 0.15) is 0 Å². The van der Waals surface area contributed by atoms with Gasteiger partial charge in [-0.15, -0.1) is 0 Å². The van der Waals surface area contributed by atoms with Gasteiger partial charge >= 0.3 is 5.97 Å². The normalized spacial score (nSPS) is 21.2. The lowest BCUT2D eigenvalue weighted by molar-refractivity contribution is -0.130. The second-order valence-electron chi connectivity index (χ2n) is 6.61. The lowest BCUT2D eigenvalue weighted by atomic mass is 10.1. The lowest BCUT2D eigenvalue weighted by Gasteiger charge is -2.23. The highest BCUT2D eigenvalue weighted by Crippen LogP contribution is 2.29. The molecule has 1 aliphatic heterocycles. The molecule has 0 radical (unpaired) electrons. The SMILES string of the molecule is O=C(O)c1ccc(CNC(=O)[C@H]2CC(=O)N(C3CCCC3)C2)cc1. The molecule has 1 saturated heterocycles. The summed E-state index contributed by atoms with van der Waals surface area (Å²) < 4.78 is 0. The first-order valence-electron chi connectivity index (χ1n) is 8.44. The fourth-order valence-electron chi connectivity index (χ4n) is 3.57. The molecule has 1 aliphatic carbocycles. The van der Waals surface area contributed by atoms with E-state index in [1.807, 2.05) is 4.90 Å². The highest BCUT2D eigenvalue weighted by Gasteiger charge is 2.38. The van der Waals surface area contributed by atoms with Crippen LogP contribution in [0.3, 0.4) is 0 Å². The Morgan fingerprint density at radius 2 is 1.83 bits per heavy atom. The van der Waals surface area contributed by atoms with E-state index in [1.165, 1.54) is 12.1 Å². The number of benzene rings is 1. The maximum Gasteiger partial charge on any atom is 0.335 e. The van der Waals surface area contributed by atoms with Gasteiger partial charge < -0.3 is 15.3 Å². The number of carbonyl (C=O) groups is 3.